The summed E-state index contributed by atoms with van der Waals surface area (Å²) in [7, 11) is 0. The number of hydrogen-bond donors (Lipinski definition) is 1. The smallest absolute Gasteiger partial charge is 0.271 e. The maximum Gasteiger partial charge on any atom is 0.271 e. The summed E-state index contributed by atoms with van der Waals surface area (Å²) in [5.41, 5.74) is 1.90. The number of nitro groups is 1. The third kappa shape index (κ3) is 3.77. The summed E-state index contributed by atoms with van der Waals surface area (Å²) in [6.45, 7) is 2.68. The summed E-state index contributed by atoms with van der Waals surface area (Å²) < 4.78 is 13.0. The predicted octanol–water partition coefficient (Wildman–Crippen LogP) is 3.91. The number of anilines is 1. The van der Waals surface area contributed by atoms with E-state index in [0.717, 1.165) is 5.56 Å². The zero-order valence-corrected chi connectivity index (χ0v) is 14.8. The van der Waals surface area contributed by atoms with Gasteiger partial charge < -0.3 is 10.2 Å². The zero-order valence-electron chi connectivity index (χ0n) is 14.0. The van der Waals surface area contributed by atoms with E-state index >= 15 is 0 Å². The maximum atomic E-state index is 13.0. The van der Waals surface area contributed by atoms with Crippen LogP contribution < -0.4 is 5.32 Å². The standard InChI is InChI=1S/C18H17ClFN3O3/c1-11-8-14(23(25)26)9-15(19)17(11)21-16-6-7-22(18(16)24)10-12-2-4-13(20)5-3-12/h2-5,8-9,16,21H,6-7,10H2,1H3. The third-order valence-electron chi connectivity index (χ3n) is 4.39. The Balaban J connectivity index is 1.71. The second kappa shape index (κ2) is 7.29. The van der Waals surface area contributed by atoms with Gasteiger partial charge in [0.05, 0.1) is 15.6 Å². The van der Waals surface area contributed by atoms with E-state index in [1.807, 2.05) is 0 Å². The highest BCUT2D eigenvalue weighted by Gasteiger charge is 2.32. The molecule has 1 heterocycles. The topological polar surface area (TPSA) is 75.5 Å². The molecule has 1 atom stereocenters. The van der Waals surface area contributed by atoms with E-state index in [1.54, 1.807) is 24.0 Å². The van der Waals surface area contributed by atoms with Crippen LogP contribution in [-0.2, 0) is 11.3 Å². The van der Waals surface area contributed by atoms with Gasteiger partial charge in [0.15, 0.2) is 0 Å². The van der Waals surface area contributed by atoms with E-state index in [-0.39, 0.29) is 22.4 Å². The number of non-ortho nitro benzene ring substituents is 1. The minimum atomic E-state index is -0.506. The molecule has 0 radical (unpaired) electrons. The van der Waals surface area contributed by atoms with Gasteiger partial charge >= 0.3 is 0 Å². The van der Waals surface area contributed by atoms with E-state index in [2.05, 4.69) is 5.32 Å². The van der Waals surface area contributed by atoms with Crippen LogP contribution in [0.5, 0.6) is 0 Å². The summed E-state index contributed by atoms with van der Waals surface area (Å²) >= 11 is 6.16. The number of benzene rings is 2. The molecule has 3 rings (SSSR count). The maximum absolute atomic E-state index is 13.0. The summed E-state index contributed by atoms with van der Waals surface area (Å²) in [6.07, 6.45) is 0.590. The Labute approximate surface area is 154 Å². The second-order valence-electron chi connectivity index (χ2n) is 6.25. The normalized spacial score (nSPS) is 16.8. The van der Waals surface area contributed by atoms with E-state index in [1.165, 1.54) is 24.3 Å². The fraction of sp³-hybridized carbons (Fsp3) is 0.278. The summed E-state index contributed by atoms with van der Waals surface area (Å²) in [4.78, 5) is 24.7. The molecule has 0 saturated carbocycles. The minimum absolute atomic E-state index is 0.0804. The van der Waals surface area contributed by atoms with Crippen LogP contribution in [0.3, 0.4) is 0 Å². The van der Waals surface area contributed by atoms with Gasteiger partial charge in [0.2, 0.25) is 5.91 Å². The number of nitrogens with one attached hydrogen (secondary N) is 1. The summed E-state index contributed by atoms with van der Waals surface area (Å²) in [5.74, 6) is -0.396. The molecule has 0 aromatic heterocycles. The van der Waals surface area contributed by atoms with Crippen molar-refractivity contribution < 1.29 is 14.1 Å². The van der Waals surface area contributed by atoms with E-state index in [9.17, 15) is 19.3 Å². The first kappa shape index (κ1) is 18.1. The molecule has 1 unspecified atom stereocenters. The van der Waals surface area contributed by atoms with Gasteiger partial charge in [-0.15, -0.1) is 0 Å². The van der Waals surface area contributed by atoms with Crippen LogP contribution in [0, 0.1) is 22.9 Å². The molecular weight excluding hydrogens is 361 g/mol. The summed E-state index contributed by atoms with van der Waals surface area (Å²) in [6, 6.07) is 8.28. The molecule has 1 fully saturated rings. The Bertz CT molecular complexity index is 834. The molecule has 136 valence electrons. The molecule has 0 aliphatic carbocycles. The number of nitro benzene ring substituents is 1. The number of halogens is 2. The SMILES string of the molecule is Cc1cc([N+](=O)[O-])cc(Cl)c1NC1CCN(Cc2ccc(F)cc2)C1=O. The quantitative estimate of drug-likeness (QED) is 0.633. The molecule has 0 bridgehead atoms. The van der Waals surface area contributed by atoms with Gasteiger partial charge in [0, 0.05) is 25.2 Å². The van der Waals surface area contributed by atoms with Crippen LogP contribution >= 0.6 is 11.6 Å². The average Bonchev–Trinajstić information content (AvgIpc) is 2.93. The minimum Gasteiger partial charge on any atom is -0.372 e. The fourth-order valence-electron chi connectivity index (χ4n) is 3.03. The van der Waals surface area contributed by atoms with Crippen molar-refractivity contribution in [1.82, 2.24) is 4.90 Å². The average molecular weight is 378 g/mol. The van der Waals surface area contributed by atoms with E-state index < -0.39 is 11.0 Å². The Morgan fingerprint density at radius 3 is 2.65 bits per heavy atom. The van der Waals surface area contributed by atoms with Gasteiger partial charge in [-0.1, -0.05) is 23.7 Å². The second-order valence-corrected chi connectivity index (χ2v) is 6.66. The number of amides is 1. The molecule has 1 amide bonds. The van der Waals surface area contributed by atoms with E-state index in [0.29, 0.717) is 30.8 Å². The first-order valence-corrected chi connectivity index (χ1v) is 8.47. The van der Waals surface area contributed by atoms with Crippen molar-refractivity contribution in [3.8, 4) is 0 Å². The fourth-order valence-corrected chi connectivity index (χ4v) is 3.34. The van der Waals surface area contributed by atoms with Crippen LogP contribution in [0.1, 0.15) is 17.5 Å². The lowest BCUT2D eigenvalue weighted by molar-refractivity contribution is -0.384. The number of hydrogen-bond acceptors (Lipinski definition) is 4. The molecule has 2 aromatic carbocycles. The Kier molecular flexibility index (Phi) is 5.08. The molecule has 8 heteroatoms. The van der Waals surface area contributed by atoms with Crippen molar-refractivity contribution in [2.24, 2.45) is 0 Å². The Hall–Kier alpha value is -2.67. The largest absolute Gasteiger partial charge is 0.372 e. The number of rotatable bonds is 5. The molecule has 0 spiro atoms. The van der Waals surface area contributed by atoms with Gasteiger partial charge in [-0.05, 0) is 36.6 Å². The van der Waals surface area contributed by atoms with E-state index in [4.69, 9.17) is 11.6 Å². The summed E-state index contributed by atoms with van der Waals surface area (Å²) in [5, 5.41) is 14.2. The molecule has 1 N–H and O–H groups in total. The van der Waals surface area contributed by atoms with Crippen LogP contribution in [0.2, 0.25) is 5.02 Å². The van der Waals surface area contributed by atoms with Gasteiger partial charge in [0.25, 0.3) is 5.69 Å². The lowest BCUT2D eigenvalue weighted by Gasteiger charge is -2.19. The van der Waals surface area contributed by atoms with Gasteiger partial charge in [-0.3, -0.25) is 14.9 Å². The Morgan fingerprint density at radius 2 is 2.04 bits per heavy atom. The molecule has 1 saturated heterocycles. The first-order chi connectivity index (χ1) is 12.3. The zero-order chi connectivity index (χ0) is 18.8. The number of nitrogens with zero attached hydrogens (tertiary/aromatic N) is 2. The van der Waals surface area contributed by atoms with Crippen molar-refractivity contribution in [2.75, 3.05) is 11.9 Å². The molecule has 6 nitrogen and oxygen atoms in total. The number of likely N-dealkylation sites (tertiary alicyclic amines) is 1. The Morgan fingerprint density at radius 1 is 1.35 bits per heavy atom. The number of aryl methyl sites for hydroxylation is 1. The highest BCUT2D eigenvalue weighted by molar-refractivity contribution is 6.33. The van der Waals surface area contributed by atoms with Crippen molar-refractivity contribution in [3.05, 3.63) is 68.5 Å². The molecule has 1 aliphatic rings. The van der Waals surface area contributed by atoms with Gasteiger partial charge in [-0.25, -0.2) is 4.39 Å². The van der Waals surface area contributed by atoms with Crippen molar-refractivity contribution >= 4 is 28.9 Å². The van der Waals surface area contributed by atoms with Crippen LogP contribution in [-0.4, -0.2) is 28.3 Å². The van der Waals surface area contributed by atoms with Crippen molar-refractivity contribution in [2.45, 2.75) is 25.9 Å². The predicted molar refractivity (Wildman–Crippen MR) is 96.7 cm³/mol. The van der Waals surface area contributed by atoms with Crippen LogP contribution in [0.15, 0.2) is 36.4 Å². The van der Waals surface area contributed by atoms with Gasteiger partial charge in [-0.2, -0.15) is 0 Å². The molecule has 26 heavy (non-hydrogen) atoms. The third-order valence-corrected chi connectivity index (χ3v) is 4.68. The molecule has 1 aliphatic heterocycles. The number of carbonyl (C=O) groups is 1. The lowest BCUT2D eigenvalue weighted by atomic mass is 10.1. The highest BCUT2D eigenvalue weighted by Crippen LogP contribution is 2.32. The monoisotopic (exact) mass is 377 g/mol. The van der Waals surface area contributed by atoms with Crippen LogP contribution in [0.25, 0.3) is 0 Å². The molecular formula is C18H17ClFN3O3. The van der Waals surface area contributed by atoms with Crippen molar-refractivity contribution in [1.29, 1.82) is 0 Å². The number of carbonyl (C=O) groups excluding carboxylic acids is 1. The van der Waals surface area contributed by atoms with Crippen LogP contribution in [0.4, 0.5) is 15.8 Å². The van der Waals surface area contributed by atoms with Crippen molar-refractivity contribution in [3.63, 3.8) is 0 Å². The molecule has 2 aromatic rings. The van der Waals surface area contributed by atoms with Gasteiger partial charge in [0.1, 0.15) is 11.9 Å². The highest BCUT2D eigenvalue weighted by atomic mass is 35.5. The first-order valence-electron chi connectivity index (χ1n) is 8.09. The lowest BCUT2D eigenvalue weighted by Crippen LogP contribution is -2.33.